The second-order valence-electron chi connectivity index (χ2n) is 3.62. The molecule has 74 valence electrons. The number of carbonyl (C=O) groups is 2. The fourth-order valence-electron chi connectivity index (χ4n) is 1.59. The van der Waals surface area contributed by atoms with Crippen LogP contribution in [0.15, 0.2) is 0 Å². The molecule has 0 radical (unpaired) electrons. The van der Waals surface area contributed by atoms with Crippen LogP contribution in [0.1, 0.15) is 35.0 Å². The van der Waals surface area contributed by atoms with Gasteiger partial charge in [0.15, 0.2) is 0 Å². The maximum atomic E-state index is 10.5. The monoisotopic (exact) mass is 186 g/mol. The normalized spacial score (nSPS) is 19.1. The Labute approximate surface area is 79.5 Å². The number of carbonyl (C=O) groups excluding carboxylic acids is 2. The molecule has 0 aromatic heterocycles. The van der Waals surface area contributed by atoms with Gasteiger partial charge in [-0.1, -0.05) is 19.3 Å². The Morgan fingerprint density at radius 3 is 2.31 bits per heavy atom. The molecule has 0 heterocycles. The van der Waals surface area contributed by atoms with Crippen LogP contribution in [0.25, 0.3) is 0 Å². The molecule has 0 spiro atoms. The summed E-state index contributed by atoms with van der Waals surface area (Å²) in [7, 11) is 0. The van der Waals surface area contributed by atoms with Crippen LogP contribution in [0, 0.1) is 11.8 Å². The van der Waals surface area contributed by atoms with E-state index in [0.29, 0.717) is 12.3 Å². The summed E-state index contributed by atoms with van der Waals surface area (Å²) in [5, 5.41) is 20.7. The maximum Gasteiger partial charge on any atom is 1.00 e. The van der Waals surface area contributed by atoms with Crippen LogP contribution in [0.3, 0.4) is 0 Å². The number of carboxylic acids is 2. The van der Waals surface area contributed by atoms with Crippen LogP contribution in [-0.2, 0) is 9.59 Å². The van der Waals surface area contributed by atoms with Crippen LogP contribution in [0.4, 0.5) is 0 Å². The molecular weight excluding hydrogens is 172 g/mol. The average molecular weight is 186 g/mol. The van der Waals surface area contributed by atoms with Crippen molar-refractivity contribution < 1.29 is 22.7 Å². The van der Waals surface area contributed by atoms with E-state index in [1.54, 1.807) is 0 Å². The molecule has 1 unspecified atom stereocenters. The van der Waals surface area contributed by atoms with Crippen molar-refractivity contribution in [1.82, 2.24) is 0 Å². The molecule has 0 N–H and O–H groups in total. The number of hydrogen-bond donors (Lipinski definition) is 0. The van der Waals surface area contributed by atoms with Crippen LogP contribution in [0.5, 0.6) is 0 Å². The third kappa shape index (κ3) is 3.05. The first-order valence-corrected chi connectivity index (χ1v) is 4.50. The SMILES string of the molecule is O=C([O-])CC(CC1CCC1)C(=O)[O-].[H+].[H+]. The fraction of sp³-hybridized carbons (Fsp3) is 0.778. The predicted octanol–water partition coefficient (Wildman–Crippen LogP) is -1.09. The maximum absolute atomic E-state index is 10.5. The zero-order chi connectivity index (χ0) is 9.84. The quantitative estimate of drug-likeness (QED) is 0.546. The van der Waals surface area contributed by atoms with E-state index in [4.69, 9.17) is 0 Å². The molecule has 0 aromatic carbocycles. The Morgan fingerprint density at radius 2 is 2.00 bits per heavy atom. The summed E-state index contributed by atoms with van der Waals surface area (Å²) >= 11 is 0. The highest BCUT2D eigenvalue weighted by atomic mass is 16.4. The summed E-state index contributed by atoms with van der Waals surface area (Å²) in [6.07, 6.45) is 3.15. The Hall–Kier alpha value is -1.06. The second-order valence-corrected chi connectivity index (χ2v) is 3.62. The van der Waals surface area contributed by atoms with Gasteiger partial charge in [-0.15, -0.1) is 0 Å². The highest BCUT2D eigenvalue weighted by Crippen LogP contribution is 2.32. The molecule has 0 amide bonds. The number of carboxylic acid groups (broad SMARTS) is 2. The molecule has 1 saturated carbocycles. The molecule has 13 heavy (non-hydrogen) atoms. The van der Waals surface area contributed by atoms with E-state index < -0.39 is 24.3 Å². The summed E-state index contributed by atoms with van der Waals surface area (Å²) in [6.45, 7) is 0. The zero-order valence-corrected chi connectivity index (χ0v) is 7.32. The Balaban J connectivity index is 0. The number of rotatable bonds is 5. The van der Waals surface area contributed by atoms with E-state index in [1.807, 2.05) is 0 Å². The van der Waals surface area contributed by atoms with E-state index in [1.165, 1.54) is 0 Å². The Kier molecular flexibility index (Phi) is 3.28. The molecule has 1 aliphatic rings. The Morgan fingerprint density at radius 1 is 1.38 bits per heavy atom. The van der Waals surface area contributed by atoms with Gasteiger partial charge in [0.1, 0.15) is 0 Å². The van der Waals surface area contributed by atoms with E-state index >= 15 is 0 Å². The van der Waals surface area contributed by atoms with Crippen LogP contribution < -0.4 is 10.2 Å². The molecule has 1 atom stereocenters. The summed E-state index contributed by atoms with van der Waals surface area (Å²) in [4.78, 5) is 20.7. The molecule has 4 nitrogen and oxygen atoms in total. The molecular formula is C9H14O4. The van der Waals surface area contributed by atoms with Gasteiger partial charge in [0, 0.05) is 17.9 Å². The van der Waals surface area contributed by atoms with Crippen molar-refractivity contribution in [2.45, 2.75) is 32.1 Å². The largest absolute Gasteiger partial charge is 1.00 e. The first-order chi connectivity index (χ1) is 6.09. The summed E-state index contributed by atoms with van der Waals surface area (Å²) in [6, 6.07) is 0. The van der Waals surface area contributed by atoms with Crippen molar-refractivity contribution >= 4 is 11.9 Å². The van der Waals surface area contributed by atoms with E-state index in [2.05, 4.69) is 0 Å². The molecule has 0 aliphatic heterocycles. The molecule has 1 aliphatic carbocycles. The smallest absolute Gasteiger partial charge is 0.550 e. The van der Waals surface area contributed by atoms with Crippen molar-refractivity contribution in [3.05, 3.63) is 0 Å². The van der Waals surface area contributed by atoms with Gasteiger partial charge in [-0.25, -0.2) is 0 Å². The lowest BCUT2D eigenvalue weighted by Crippen LogP contribution is -2.37. The van der Waals surface area contributed by atoms with Crippen molar-refractivity contribution in [2.75, 3.05) is 0 Å². The first-order valence-electron chi connectivity index (χ1n) is 4.50. The minimum Gasteiger partial charge on any atom is -0.550 e. The molecule has 4 heteroatoms. The standard InChI is InChI=1S/C9H14O4/c10-8(11)5-7(9(12)13)4-6-2-1-3-6/h6-7H,1-5H2,(H,10,11)(H,12,13). The van der Waals surface area contributed by atoms with Gasteiger partial charge in [-0.3, -0.25) is 0 Å². The third-order valence-electron chi connectivity index (χ3n) is 2.59. The lowest BCUT2D eigenvalue weighted by molar-refractivity contribution is -0.321. The van der Waals surface area contributed by atoms with E-state index in [0.717, 1.165) is 19.3 Å². The van der Waals surface area contributed by atoms with Gasteiger partial charge in [0.2, 0.25) is 0 Å². The van der Waals surface area contributed by atoms with Crippen molar-refractivity contribution in [1.29, 1.82) is 0 Å². The molecule has 0 saturated heterocycles. The van der Waals surface area contributed by atoms with Gasteiger partial charge in [0.05, 0.1) is 0 Å². The van der Waals surface area contributed by atoms with Crippen molar-refractivity contribution in [3.8, 4) is 0 Å². The second kappa shape index (κ2) is 4.25. The first kappa shape index (κ1) is 10.0. The van der Waals surface area contributed by atoms with Crippen LogP contribution >= 0.6 is 0 Å². The van der Waals surface area contributed by atoms with Gasteiger partial charge in [-0.2, -0.15) is 0 Å². The molecule has 0 aromatic rings. The van der Waals surface area contributed by atoms with Gasteiger partial charge < -0.3 is 19.8 Å². The van der Waals surface area contributed by atoms with Crippen molar-refractivity contribution in [3.63, 3.8) is 0 Å². The van der Waals surface area contributed by atoms with E-state index in [9.17, 15) is 19.8 Å². The van der Waals surface area contributed by atoms with Crippen LogP contribution in [0.2, 0.25) is 0 Å². The summed E-state index contributed by atoms with van der Waals surface area (Å²) in [5.41, 5.74) is 0. The summed E-state index contributed by atoms with van der Waals surface area (Å²) < 4.78 is 0. The number of hydrogen-bond acceptors (Lipinski definition) is 4. The molecule has 1 rings (SSSR count). The molecule has 0 bridgehead atoms. The lowest BCUT2D eigenvalue weighted by Gasteiger charge is -2.30. The average Bonchev–Trinajstić information content (AvgIpc) is 1.92. The minimum absolute atomic E-state index is 0. The van der Waals surface area contributed by atoms with Crippen LogP contribution in [-0.4, -0.2) is 11.9 Å². The van der Waals surface area contributed by atoms with Gasteiger partial charge in [0.25, 0.3) is 0 Å². The highest BCUT2D eigenvalue weighted by molar-refractivity contribution is 5.75. The topological polar surface area (TPSA) is 80.3 Å². The van der Waals surface area contributed by atoms with E-state index in [-0.39, 0.29) is 2.85 Å². The Bertz CT molecular complexity index is 216. The van der Waals surface area contributed by atoms with Crippen molar-refractivity contribution in [2.24, 2.45) is 11.8 Å². The predicted molar refractivity (Wildman–Crippen MR) is 42.3 cm³/mol. The van der Waals surface area contributed by atoms with Gasteiger partial charge in [-0.05, 0) is 18.8 Å². The minimum atomic E-state index is -1.31. The molecule has 1 fully saturated rings. The van der Waals surface area contributed by atoms with Gasteiger partial charge >= 0.3 is 2.85 Å². The highest BCUT2D eigenvalue weighted by Gasteiger charge is 2.22. The number of aliphatic carboxylic acids is 2. The fourth-order valence-corrected chi connectivity index (χ4v) is 1.59. The third-order valence-corrected chi connectivity index (χ3v) is 2.59. The zero-order valence-electron chi connectivity index (χ0n) is 9.32. The lowest BCUT2D eigenvalue weighted by atomic mass is 9.78. The summed E-state index contributed by atoms with van der Waals surface area (Å²) in [5.74, 6) is -3.07.